The van der Waals surface area contributed by atoms with Crippen LogP contribution in [0, 0.1) is 6.92 Å². The molecule has 1 heterocycles. The first kappa shape index (κ1) is 14.5. The van der Waals surface area contributed by atoms with Gasteiger partial charge < -0.3 is 0 Å². The number of alkyl halides is 3. The number of para-hydroxylation sites is 2. The van der Waals surface area contributed by atoms with Crippen molar-refractivity contribution in [2.75, 3.05) is 0 Å². The molecule has 0 amide bonds. The average Bonchev–Trinajstić information content (AvgIpc) is 2.67. The first-order valence-corrected chi connectivity index (χ1v) is 6.82. The van der Waals surface area contributed by atoms with Gasteiger partial charge in [0.2, 0.25) is 0 Å². The molecule has 2 nitrogen and oxygen atoms in total. The Morgan fingerprint density at radius 2 is 1.45 bits per heavy atom. The molecule has 3 rings (SSSR count). The van der Waals surface area contributed by atoms with Gasteiger partial charge in [0.25, 0.3) is 0 Å². The van der Waals surface area contributed by atoms with Crippen LogP contribution in [-0.4, -0.2) is 17.6 Å². The standard InChI is InChI=1S/C17H13F3N2/c1-11-6-8-12(9-7-11)15-10-16(17(18,19)20)22-14-5-3-2-4-13(14)21-15/h2-9H,10H2,1H3. The van der Waals surface area contributed by atoms with Crippen LogP contribution in [0.4, 0.5) is 24.5 Å². The largest absolute Gasteiger partial charge is 0.429 e. The van der Waals surface area contributed by atoms with Crippen LogP contribution in [0.5, 0.6) is 0 Å². The third-order valence-electron chi connectivity index (χ3n) is 3.44. The van der Waals surface area contributed by atoms with Crippen molar-refractivity contribution in [3.05, 3.63) is 59.7 Å². The Bertz CT molecular complexity index is 756. The van der Waals surface area contributed by atoms with Gasteiger partial charge in [0.15, 0.2) is 0 Å². The summed E-state index contributed by atoms with van der Waals surface area (Å²) in [6.45, 7) is 1.93. The first-order chi connectivity index (χ1) is 10.4. The molecule has 1 aliphatic heterocycles. The highest BCUT2D eigenvalue weighted by Crippen LogP contribution is 2.34. The van der Waals surface area contributed by atoms with Gasteiger partial charge in [0.05, 0.1) is 17.1 Å². The second kappa shape index (κ2) is 5.40. The number of hydrogen-bond acceptors (Lipinski definition) is 2. The SMILES string of the molecule is Cc1ccc(C2=Nc3ccccc3N=C(C(F)(F)F)C2)cc1. The second-order valence-corrected chi connectivity index (χ2v) is 5.15. The molecule has 2 aromatic rings. The Morgan fingerprint density at radius 3 is 2.05 bits per heavy atom. The fraction of sp³-hybridized carbons (Fsp3) is 0.176. The summed E-state index contributed by atoms with van der Waals surface area (Å²) in [5.74, 6) is 0. The molecule has 0 N–H and O–H groups in total. The molecule has 112 valence electrons. The lowest BCUT2D eigenvalue weighted by Gasteiger charge is -2.10. The van der Waals surface area contributed by atoms with E-state index >= 15 is 0 Å². The maximum absolute atomic E-state index is 13.2. The quantitative estimate of drug-likeness (QED) is 0.695. The minimum Gasteiger partial charge on any atom is -0.250 e. The maximum atomic E-state index is 13.2. The molecule has 0 spiro atoms. The fourth-order valence-corrected chi connectivity index (χ4v) is 2.26. The predicted octanol–water partition coefficient (Wildman–Crippen LogP) is 5.15. The third kappa shape index (κ3) is 2.93. The number of halogens is 3. The molecule has 0 fully saturated rings. The highest BCUT2D eigenvalue weighted by molar-refractivity contribution is 6.16. The second-order valence-electron chi connectivity index (χ2n) is 5.15. The number of fused-ring (bicyclic) bond motifs is 1. The van der Waals surface area contributed by atoms with E-state index in [0.29, 0.717) is 17.0 Å². The van der Waals surface area contributed by atoms with Crippen molar-refractivity contribution in [3.8, 4) is 0 Å². The normalized spacial score (nSPS) is 14.7. The Kier molecular flexibility index (Phi) is 3.56. The van der Waals surface area contributed by atoms with Crippen molar-refractivity contribution in [3.63, 3.8) is 0 Å². The number of benzene rings is 2. The molecule has 0 saturated carbocycles. The molecule has 0 saturated heterocycles. The summed E-state index contributed by atoms with van der Waals surface area (Å²) in [4.78, 5) is 8.19. The minimum atomic E-state index is -4.47. The zero-order valence-corrected chi connectivity index (χ0v) is 11.9. The summed E-state index contributed by atoms with van der Waals surface area (Å²) in [5, 5.41) is 0. The lowest BCUT2D eigenvalue weighted by Crippen LogP contribution is -2.25. The first-order valence-electron chi connectivity index (χ1n) is 6.82. The number of hydrogen-bond donors (Lipinski definition) is 0. The molecule has 0 atom stereocenters. The highest BCUT2D eigenvalue weighted by Gasteiger charge is 2.37. The number of aryl methyl sites for hydroxylation is 1. The van der Waals surface area contributed by atoms with E-state index in [1.807, 2.05) is 19.1 Å². The lowest BCUT2D eigenvalue weighted by atomic mass is 10.0. The van der Waals surface area contributed by atoms with Crippen LogP contribution in [0.25, 0.3) is 0 Å². The molecule has 0 radical (unpaired) electrons. The summed E-state index contributed by atoms with van der Waals surface area (Å²) in [7, 11) is 0. The van der Waals surface area contributed by atoms with Crippen molar-refractivity contribution in [1.82, 2.24) is 0 Å². The van der Waals surface area contributed by atoms with E-state index in [-0.39, 0.29) is 12.1 Å². The molecule has 5 heteroatoms. The zero-order chi connectivity index (χ0) is 15.7. The van der Waals surface area contributed by atoms with Crippen molar-refractivity contribution in [2.45, 2.75) is 19.5 Å². The van der Waals surface area contributed by atoms with Gasteiger partial charge in [-0.05, 0) is 24.6 Å². The molecule has 1 aliphatic rings. The van der Waals surface area contributed by atoms with Gasteiger partial charge in [-0.3, -0.25) is 4.99 Å². The molecular weight excluding hydrogens is 289 g/mol. The van der Waals surface area contributed by atoms with E-state index in [9.17, 15) is 13.2 Å². The van der Waals surface area contributed by atoms with Gasteiger partial charge in [-0.25, -0.2) is 4.99 Å². The zero-order valence-electron chi connectivity index (χ0n) is 11.9. The van der Waals surface area contributed by atoms with Crippen LogP contribution in [0.1, 0.15) is 17.5 Å². The molecule has 0 bridgehead atoms. The molecule has 2 aromatic carbocycles. The van der Waals surface area contributed by atoms with Gasteiger partial charge in [0.1, 0.15) is 5.71 Å². The van der Waals surface area contributed by atoms with Crippen molar-refractivity contribution in [2.24, 2.45) is 9.98 Å². The van der Waals surface area contributed by atoms with E-state index in [1.165, 1.54) is 0 Å². The molecule has 0 unspecified atom stereocenters. The number of rotatable bonds is 1. The van der Waals surface area contributed by atoms with Gasteiger partial charge in [0, 0.05) is 6.42 Å². The van der Waals surface area contributed by atoms with E-state index in [0.717, 1.165) is 5.56 Å². The Hall–Kier alpha value is -2.43. The van der Waals surface area contributed by atoms with Gasteiger partial charge in [-0.2, -0.15) is 13.2 Å². The van der Waals surface area contributed by atoms with Crippen molar-refractivity contribution in [1.29, 1.82) is 0 Å². The average molecular weight is 302 g/mol. The Balaban J connectivity index is 2.14. The van der Waals surface area contributed by atoms with Gasteiger partial charge >= 0.3 is 6.18 Å². The van der Waals surface area contributed by atoms with Crippen LogP contribution in [0.2, 0.25) is 0 Å². The topological polar surface area (TPSA) is 24.7 Å². The summed E-state index contributed by atoms with van der Waals surface area (Å²) in [5.41, 5.74) is 1.98. The van der Waals surface area contributed by atoms with E-state index in [1.54, 1.807) is 36.4 Å². The molecular formula is C17H13F3N2. The van der Waals surface area contributed by atoms with E-state index in [2.05, 4.69) is 9.98 Å². The summed E-state index contributed by atoms with van der Waals surface area (Å²) in [6.07, 6.45) is -4.80. The van der Waals surface area contributed by atoms with Gasteiger partial charge in [-0.1, -0.05) is 42.0 Å². The smallest absolute Gasteiger partial charge is 0.250 e. The van der Waals surface area contributed by atoms with Crippen LogP contribution >= 0.6 is 0 Å². The van der Waals surface area contributed by atoms with E-state index in [4.69, 9.17) is 0 Å². The maximum Gasteiger partial charge on any atom is 0.429 e. The molecule has 0 aromatic heterocycles. The minimum absolute atomic E-state index is 0.247. The third-order valence-corrected chi connectivity index (χ3v) is 3.44. The van der Waals surface area contributed by atoms with Crippen LogP contribution in [0.15, 0.2) is 58.5 Å². The van der Waals surface area contributed by atoms with Gasteiger partial charge in [-0.15, -0.1) is 0 Å². The lowest BCUT2D eigenvalue weighted by molar-refractivity contribution is -0.0596. The summed E-state index contributed by atoms with van der Waals surface area (Å²) in [6, 6.07) is 13.9. The Labute approximate surface area is 126 Å². The van der Waals surface area contributed by atoms with Crippen LogP contribution < -0.4 is 0 Å². The van der Waals surface area contributed by atoms with Crippen LogP contribution in [0.3, 0.4) is 0 Å². The van der Waals surface area contributed by atoms with Crippen molar-refractivity contribution < 1.29 is 13.2 Å². The predicted molar refractivity (Wildman–Crippen MR) is 81.6 cm³/mol. The van der Waals surface area contributed by atoms with Crippen molar-refractivity contribution >= 4 is 22.8 Å². The molecule has 0 aliphatic carbocycles. The summed E-state index contributed by atoms with van der Waals surface area (Å²) >= 11 is 0. The fourth-order valence-electron chi connectivity index (χ4n) is 2.26. The van der Waals surface area contributed by atoms with Crippen LogP contribution in [-0.2, 0) is 0 Å². The molecule has 22 heavy (non-hydrogen) atoms. The van der Waals surface area contributed by atoms with E-state index < -0.39 is 11.9 Å². The number of nitrogens with zero attached hydrogens (tertiary/aromatic N) is 2. The highest BCUT2D eigenvalue weighted by atomic mass is 19.4. The monoisotopic (exact) mass is 302 g/mol. The number of aliphatic imine (C=N–C) groups is 2. The Morgan fingerprint density at radius 1 is 0.864 bits per heavy atom. The summed E-state index contributed by atoms with van der Waals surface area (Å²) < 4.78 is 39.5.